The van der Waals surface area contributed by atoms with Gasteiger partial charge < -0.3 is 4.74 Å². The molecule has 1 fully saturated rings. The standard InChI is InChI=1S/C20H23ClF3NO2/c1-2-3-6-18(27-20(22,23)24)12-15-5-4-11-25(13-15)14-19(26)16-7-9-17(21)10-8-16/h3,6-10,12,15H,2,4-5,11,13-14H2,1H3/b6-3-,18-12+. The third kappa shape index (κ3) is 7.77. The van der Waals surface area contributed by atoms with Gasteiger partial charge in [0, 0.05) is 17.1 Å². The molecule has 0 amide bonds. The van der Waals surface area contributed by atoms with Crippen LogP contribution in [0.1, 0.15) is 36.5 Å². The Morgan fingerprint density at radius 3 is 2.67 bits per heavy atom. The topological polar surface area (TPSA) is 29.5 Å². The number of carbonyl (C=O) groups excluding carboxylic acids is 1. The fraction of sp³-hybridized carbons (Fsp3) is 0.450. The molecule has 1 unspecified atom stereocenters. The Balaban J connectivity index is 2.01. The van der Waals surface area contributed by atoms with Crippen molar-refractivity contribution in [2.75, 3.05) is 19.6 Å². The normalized spacial score (nSPS) is 19.4. The van der Waals surface area contributed by atoms with Gasteiger partial charge in [0.25, 0.3) is 0 Å². The molecule has 27 heavy (non-hydrogen) atoms. The maximum atomic E-state index is 12.6. The maximum Gasteiger partial charge on any atom is 0.573 e. The lowest BCUT2D eigenvalue weighted by molar-refractivity contribution is -0.303. The highest BCUT2D eigenvalue weighted by molar-refractivity contribution is 6.30. The van der Waals surface area contributed by atoms with E-state index in [0.717, 1.165) is 19.4 Å². The predicted molar refractivity (Wildman–Crippen MR) is 99.6 cm³/mol. The van der Waals surface area contributed by atoms with Gasteiger partial charge in [-0.3, -0.25) is 9.69 Å². The highest BCUT2D eigenvalue weighted by Gasteiger charge is 2.32. The van der Waals surface area contributed by atoms with E-state index >= 15 is 0 Å². The Bertz CT molecular complexity index is 683. The predicted octanol–water partition coefficient (Wildman–Crippen LogP) is 5.62. The average molecular weight is 402 g/mol. The minimum atomic E-state index is -4.72. The van der Waals surface area contributed by atoms with E-state index in [1.165, 1.54) is 12.2 Å². The van der Waals surface area contributed by atoms with Crippen LogP contribution < -0.4 is 0 Å². The molecular formula is C20H23ClF3NO2. The lowest BCUT2D eigenvalue weighted by Gasteiger charge is -2.31. The molecule has 0 N–H and O–H groups in total. The van der Waals surface area contributed by atoms with E-state index < -0.39 is 6.36 Å². The molecule has 1 saturated heterocycles. The van der Waals surface area contributed by atoms with Crippen molar-refractivity contribution in [3.63, 3.8) is 0 Å². The van der Waals surface area contributed by atoms with E-state index in [1.54, 1.807) is 30.3 Å². The first kappa shape index (κ1) is 21.5. The Kier molecular flexibility index (Phi) is 7.92. The number of allylic oxidation sites excluding steroid dienone is 2. The van der Waals surface area contributed by atoms with Crippen molar-refractivity contribution in [2.24, 2.45) is 5.92 Å². The maximum absolute atomic E-state index is 12.6. The molecule has 1 aliphatic rings. The van der Waals surface area contributed by atoms with Crippen molar-refractivity contribution in [2.45, 2.75) is 32.5 Å². The molecule has 7 heteroatoms. The fourth-order valence-electron chi connectivity index (χ4n) is 3.02. The number of alkyl halides is 3. The summed E-state index contributed by atoms with van der Waals surface area (Å²) in [6.45, 7) is 3.33. The summed E-state index contributed by atoms with van der Waals surface area (Å²) >= 11 is 5.83. The first-order valence-corrected chi connectivity index (χ1v) is 9.30. The lowest BCUT2D eigenvalue weighted by Crippen LogP contribution is -2.38. The van der Waals surface area contributed by atoms with E-state index in [4.69, 9.17) is 11.6 Å². The summed E-state index contributed by atoms with van der Waals surface area (Å²) in [5.41, 5.74) is 0.573. The van der Waals surface area contributed by atoms with Gasteiger partial charge in [-0.15, -0.1) is 13.2 Å². The number of ether oxygens (including phenoxy) is 1. The summed E-state index contributed by atoms with van der Waals surface area (Å²) < 4.78 is 41.9. The number of piperidine rings is 1. The first-order valence-electron chi connectivity index (χ1n) is 8.92. The van der Waals surface area contributed by atoms with Gasteiger partial charge >= 0.3 is 6.36 Å². The summed E-state index contributed by atoms with van der Waals surface area (Å²) in [7, 11) is 0. The number of Topliss-reactive ketones (excluding diaryl/α,β-unsaturated/α-hetero) is 1. The number of halogens is 4. The summed E-state index contributed by atoms with van der Waals surface area (Å²) in [6.07, 6.45) is 1.96. The molecule has 0 aliphatic carbocycles. The van der Waals surface area contributed by atoms with Crippen LogP contribution in [-0.2, 0) is 4.74 Å². The first-order chi connectivity index (χ1) is 12.8. The molecule has 1 atom stereocenters. The van der Waals surface area contributed by atoms with Gasteiger partial charge in [-0.2, -0.15) is 0 Å². The van der Waals surface area contributed by atoms with E-state index in [2.05, 4.69) is 4.74 Å². The van der Waals surface area contributed by atoms with Crippen LogP contribution in [0.3, 0.4) is 0 Å². The zero-order chi connectivity index (χ0) is 19.9. The molecule has 148 valence electrons. The van der Waals surface area contributed by atoms with Crippen LogP contribution in [0, 0.1) is 5.92 Å². The van der Waals surface area contributed by atoms with Gasteiger partial charge in [-0.1, -0.05) is 24.6 Å². The largest absolute Gasteiger partial charge is 0.573 e. The second-order valence-corrected chi connectivity index (χ2v) is 6.93. The van der Waals surface area contributed by atoms with E-state index in [9.17, 15) is 18.0 Å². The molecule has 0 spiro atoms. The Morgan fingerprint density at radius 2 is 2.04 bits per heavy atom. The van der Waals surface area contributed by atoms with Gasteiger partial charge in [0.15, 0.2) is 5.78 Å². The molecule has 0 radical (unpaired) electrons. The van der Waals surface area contributed by atoms with E-state index in [0.29, 0.717) is 23.6 Å². The van der Waals surface area contributed by atoms with Crippen LogP contribution in [0.25, 0.3) is 0 Å². The minimum Gasteiger partial charge on any atom is -0.406 e. The summed E-state index contributed by atoms with van der Waals surface area (Å²) in [6, 6.07) is 6.68. The van der Waals surface area contributed by atoms with Crippen molar-refractivity contribution in [1.82, 2.24) is 4.90 Å². The Hall–Kier alpha value is -1.79. The van der Waals surface area contributed by atoms with E-state index in [1.807, 2.05) is 11.8 Å². The Labute approximate surface area is 162 Å². The molecule has 1 aromatic carbocycles. The highest BCUT2D eigenvalue weighted by Crippen LogP contribution is 2.25. The van der Waals surface area contributed by atoms with Crippen LogP contribution in [-0.4, -0.2) is 36.7 Å². The van der Waals surface area contributed by atoms with Crippen molar-refractivity contribution in [3.05, 3.63) is 58.8 Å². The van der Waals surface area contributed by atoms with Crippen LogP contribution in [0.2, 0.25) is 5.02 Å². The van der Waals surface area contributed by atoms with Gasteiger partial charge in [-0.25, -0.2) is 0 Å². The molecule has 0 saturated carbocycles. The molecule has 0 aromatic heterocycles. The summed E-state index contributed by atoms with van der Waals surface area (Å²) in [5, 5.41) is 0.562. The molecule has 1 aromatic rings. The number of ketones is 1. The number of hydrogen-bond acceptors (Lipinski definition) is 3. The summed E-state index contributed by atoms with van der Waals surface area (Å²) in [5.74, 6) is -0.329. The third-order valence-corrected chi connectivity index (χ3v) is 4.48. The molecule has 1 aliphatic heterocycles. The van der Waals surface area contributed by atoms with Crippen LogP contribution in [0.4, 0.5) is 13.2 Å². The van der Waals surface area contributed by atoms with Gasteiger partial charge in [0.2, 0.25) is 0 Å². The van der Waals surface area contributed by atoms with Crippen molar-refractivity contribution in [3.8, 4) is 0 Å². The molecule has 3 nitrogen and oxygen atoms in total. The van der Waals surface area contributed by atoms with Crippen molar-refractivity contribution >= 4 is 17.4 Å². The number of hydrogen-bond donors (Lipinski definition) is 0. The molecule has 0 bridgehead atoms. The molecule has 1 heterocycles. The third-order valence-electron chi connectivity index (χ3n) is 4.23. The van der Waals surface area contributed by atoms with Gasteiger partial charge in [0.1, 0.15) is 5.76 Å². The smallest absolute Gasteiger partial charge is 0.406 e. The number of benzene rings is 1. The number of rotatable bonds is 7. The highest BCUT2D eigenvalue weighted by atomic mass is 35.5. The van der Waals surface area contributed by atoms with Gasteiger partial charge in [0.05, 0.1) is 6.54 Å². The van der Waals surface area contributed by atoms with Crippen LogP contribution >= 0.6 is 11.6 Å². The zero-order valence-corrected chi connectivity index (χ0v) is 15.9. The average Bonchev–Trinajstić information content (AvgIpc) is 2.59. The fourth-order valence-corrected chi connectivity index (χ4v) is 3.15. The van der Waals surface area contributed by atoms with Crippen LogP contribution in [0.5, 0.6) is 0 Å². The number of carbonyl (C=O) groups is 1. The summed E-state index contributed by atoms with van der Waals surface area (Å²) in [4.78, 5) is 14.4. The molecular weight excluding hydrogens is 379 g/mol. The SMILES string of the molecule is CC/C=C\C(=C/C1CCCN(CC(=O)c2ccc(Cl)cc2)C1)OC(F)(F)F. The zero-order valence-electron chi connectivity index (χ0n) is 15.1. The monoisotopic (exact) mass is 401 g/mol. The van der Waals surface area contributed by atoms with Crippen molar-refractivity contribution in [1.29, 1.82) is 0 Å². The molecule has 2 rings (SSSR count). The van der Waals surface area contributed by atoms with E-state index in [-0.39, 0.29) is 24.0 Å². The number of likely N-dealkylation sites (tertiary alicyclic amines) is 1. The van der Waals surface area contributed by atoms with Crippen LogP contribution in [0.15, 0.2) is 48.3 Å². The van der Waals surface area contributed by atoms with Crippen molar-refractivity contribution < 1.29 is 22.7 Å². The Morgan fingerprint density at radius 1 is 1.33 bits per heavy atom. The second-order valence-electron chi connectivity index (χ2n) is 6.49. The minimum absolute atomic E-state index is 0.0334. The lowest BCUT2D eigenvalue weighted by atomic mass is 9.96. The number of nitrogens with zero attached hydrogens (tertiary/aromatic N) is 1. The van der Waals surface area contributed by atoms with Gasteiger partial charge in [-0.05, 0) is 68.1 Å². The quantitative estimate of drug-likeness (QED) is 0.337. The second kappa shape index (κ2) is 9.95.